The largest absolute Gasteiger partial charge is 1.00 e. The summed E-state index contributed by atoms with van der Waals surface area (Å²) in [5, 5.41) is 3.23. The number of benzene rings is 1. The van der Waals surface area contributed by atoms with E-state index >= 15 is 0 Å². The lowest BCUT2D eigenvalue weighted by molar-refractivity contribution is -0.701. The van der Waals surface area contributed by atoms with Crippen molar-refractivity contribution in [1.29, 1.82) is 0 Å². The lowest BCUT2D eigenvalue weighted by atomic mass is 10.0. The maximum absolute atomic E-state index is 13.9. The Morgan fingerprint density at radius 2 is 0.866 bits per heavy atom. The Bertz CT molecular complexity index is 1370. The Hall–Kier alpha value is -2.03. The molecule has 0 radical (unpaired) electrons. The Balaban J connectivity index is 0.0000224. The third-order valence-corrected chi connectivity index (χ3v) is 13.6. The van der Waals surface area contributed by atoms with E-state index in [9.17, 15) is 4.79 Å². The smallest absolute Gasteiger partial charge is 0.261 e. The van der Waals surface area contributed by atoms with Crippen molar-refractivity contribution in [2.45, 2.75) is 297 Å². The molecule has 1 unspecified atom stereocenters. The molecule has 0 fully saturated rings. The molecule has 0 saturated carbocycles. The number of aromatic nitrogens is 1. The molecule has 0 saturated heterocycles. The number of carbonyl (C=O) groups is 1. The van der Waals surface area contributed by atoms with Crippen LogP contribution in [0.5, 0.6) is 17.2 Å². The van der Waals surface area contributed by atoms with Crippen LogP contribution in [0.1, 0.15) is 284 Å². The highest BCUT2D eigenvalue weighted by atomic mass is 127. The third-order valence-electron chi connectivity index (χ3n) is 13.6. The van der Waals surface area contributed by atoms with Gasteiger partial charge in [0.05, 0.1) is 13.2 Å². The van der Waals surface area contributed by atoms with Gasteiger partial charge in [-0.3, -0.25) is 4.79 Å². The van der Waals surface area contributed by atoms with Crippen LogP contribution in [0.15, 0.2) is 42.6 Å². The molecule has 1 N–H and O–H groups in total. The molecule has 1 aromatic carbocycles. The first-order valence-corrected chi connectivity index (χ1v) is 28.9. The number of nitrogens with zero attached hydrogens (tertiary/aromatic N) is 1. The maximum Gasteiger partial charge on any atom is 0.261 e. The summed E-state index contributed by atoms with van der Waals surface area (Å²) < 4.78 is 21.7. The molecule has 1 atom stereocenters. The monoisotopic (exact) mass is 1050 g/mol. The lowest BCUT2D eigenvalue weighted by Gasteiger charge is -2.20. The molecule has 1 amide bonds. The second-order valence-corrected chi connectivity index (χ2v) is 19.8. The van der Waals surface area contributed by atoms with Crippen molar-refractivity contribution in [3.63, 3.8) is 0 Å². The van der Waals surface area contributed by atoms with Gasteiger partial charge in [0.2, 0.25) is 5.69 Å². The van der Waals surface area contributed by atoms with E-state index in [0.717, 1.165) is 49.4 Å². The average Bonchev–Trinajstić information content (AvgIpc) is 3.33. The van der Waals surface area contributed by atoms with Gasteiger partial charge in [0, 0.05) is 18.2 Å². The molecule has 0 aliphatic carbocycles. The summed E-state index contributed by atoms with van der Waals surface area (Å²) in [4.78, 5) is 13.9. The minimum absolute atomic E-state index is 0. The van der Waals surface area contributed by atoms with E-state index in [1.54, 1.807) is 0 Å². The lowest BCUT2D eigenvalue weighted by Crippen LogP contribution is -3.00. The van der Waals surface area contributed by atoms with Crippen molar-refractivity contribution < 1.29 is 47.5 Å². The molecule has 7 heteroatoms. The summed E-state index contributed by atoms with van der Waals surface area (Å²) in [5.74, 6) is 2.14. The number of halogens is 1. The molecule has 6 nitrogen and oxygen atoms in total. The number of ether oxygens (including phenoxy) is 3. The molecule has 1 aromatic heterocycles. The minimum Gasteiger partial charge on any atom is -1.00 e. The van der Waals surface area contributed by atoms with Crippen LogP contribution in [0.3, 0.4) is 0 Å². The predicted molar refractivity (Wildman–Crippen MR) is 283 cm³/mol. The molecule has 388 valence electrons. The fourth-order valence-electron chi connectivity index (χ4n) is 9.25. The van der Waals surface area contributed by atoms with Gasteiger partial charge in [-0.2, -0.15) is 0 Å². The van der Waals surface area contributed by atoms with Gasteiger partial charge >= 0.3 is 0 Å². The summed E-state index contributed by atoms with van der Waals surface area (Å²) in [6.45, 7) is 11.7. The summed E-state index contributed by atoms with van der Waals surface area (Å²) in [6.07, 6.45) is 52.3. The number of amides is 1. The van der Waals surface area contributed by atoms with Gasteiger partial charge in [-0.05, 0) is 44.7 Å². The number of carbonyl (C=O) groups excluding carboxylic acids is 1. The number of aryl methyl sites for hydroxylation is 1. The predicted octanol–water partition coefficient (Wildman–Crippen LogP) is 15.1. The first kappa shape index (κ1) is 63.0. The van der Waals surface area contributed by atoms with E-state index in [-0.39, 0.29) is 29.9 Å². The van der Waals surface area contributed by atoms with Crippen LogP contribution >= 0.6 is 0 Å². The number of hydrogen-bond donors (Lipinski definition) is 1. The van der Waals surface area contributed by atoms with Crippen LogP contribution in [0.2, 0.25) is 0 Å². The topological polar surface area (TPSA) is 60.7 Å². The van der Waals surface area contributed by atoms with E-state index in [1.165, 1.54) is 218 Å². The van der Waals surface area contributed by atoms with Crippen molar-refractivity contribution >= 4 is 5.91 Å². The van der Waals surface area contributed by atoms with Gasteiger partial charge in [-0.25, -0.2) is 4.57 Å². The second kappa shape index (κ2) is 47.6. The fraction of sp³-hybridized carbons (Fsp3) is 0.800. The molecule has 67 heavy (non-hydrogen) atoms. The van der Waals surface area contributed by atoms with Crippen LogP contribution < -0.4 is 48.1 Å². The summed E-state index contributed by atoms with van der Waals surface area (Å²) >= 11 is 0. The molecule has 0 spiro atoms. The number of nitrogens with one attached hydrogen (secondary N) is 1. The molecule has 2 rings (SSSR count). The standard InChI is InChI=1S/C60H106N2O4.HI/c1-5-9-12-15-18-21-24-27-28-29-32-35-38-41-47-58(60(63)61-54-55-46-42-43-50-62(55)8-4)66-56-48-49-57(64-51-44-39-36-33-30-25-22-19-16-13-10-6-2)59(53-56)65-52-45-40-37-34-31-26-23-20-17-14-11-7-3;/h42-43,46,48-50,53,58H,5-41,44-45,47,51-52,54H2,1-4H3;1H. The SMILES string of the molecule is CCCCCCCCCCCCCCCCC(Oc1ccc(OCCCCCCCCCCCCCC)c(OCCCCCCCCCCCCCC)c1)C(=O)NCc1cccc[n+]1CC.[I-]. The van der Waals surface area contributed by atoms with Gasteiger partial charge in [0.25, 0.3) is 5.91 Å². The first-order valence-electron chi connectivity index (χ1n) is 28.9. The number of hydrogen-bond acceptors (Lipinski definition) is 4. The van der Waals surface area contributed by atoms with E-state index < -0.39 is 6.10 Å². The number of pyridine rings is 1. The number of unbranched alkanes of at least 4 members (excludes halogenated alkanes) is 35. The van der Waals surface area contributed by atoms with Crippen molar-refractivity contribution in [1.82, 2.24) is 5.32 Å². The molecule has 1 heterocycles. The second-order valence-electron chi connectivity index (χ2n) is 19.8. The van der Waals surface area contributed by atoms with Gasteiger partial charge in [-0.1, -0.05) is 252 Å². The van der Waals surface area contributed by atoms with E-state index in [0.29, 0.717) is 31.9 Å². The maximum atomic E-state index is 13.9. The van der Waals surface area contributed by atoms with Gasteiger partial charge in [0.1, 0.15) is 18.8 Å². The summed E-state index contributed by atoms with van der Waals surface area (Å²) in [7, 11) is 0. The highest BCUT2D eigenvalue weighted by molar-refractivity contribution is 5.81. The Kier molecular flexibility index (Phi) is 44.8. The van der Waals surface area contributed by atoms with E-state index in [1.807, 2.05) is 30.3 Å². The van der Waals surface area contributed by atoms with Crippen molar-refractivity contribution in [3.05, 3.63) is 48.3 Å². The molecule has 2 aromatic rings. The van der Waals surface area contributed by atoms with Crippen LogP contribution in [0, 0.1) is 0 Å². The van der Waals surface area contributed by atoms with Gasteiger partial charge < -0.3 is 43.5 Å². The highest BCUT2D eigenvalue weighted by Crippen LogP contribution is 2.33. The summed E-state index contributed by atoms with van der Waals surface area (Å²) in [6, 6.07) is 12.1. The molecule has 0 aliphatic rings. The van der Waals surface area contributed by atoms with Crippen LogP contribution in [0.25, 0.3) is 0 Å². The van der Waals surface area contributed by atoms with Gasteiger partial charge in [0.15, 0.2) is 23.8 Å². The molecule has 0 bridgehead atoms. The third kappa shape index (κ3) is 35.7. The Labute approximate surface area is 432 Å². The average molecular weight is 1050 g/mol. The van der Waals surface area contributed by atoms with Crippen molar-refractivity contribution in [2.24, 2.45) is 0 Å². The van der Waals surface area contributed by atoms with E-state index in [2.05, 4.69) is 49.8 Å². The molecular weight excluding hydrogens is 940 g/mol. The normalized spacial score (nSPS) is 11.6. The zero-order valence-corrected chi connectivity index (χ0v) is 46.6. The molecule has 0 aliphatic heterocycles. The number of rotatable bonds is 49. The molecular formula is C60H107IN2O4. The van der Waals surface area contributed by atoms with Crippen LogP contribution in [-0.2, 0) is 17.9 Å². The minimum atomic E-state index is -0.571. The summed E-state index contributed by atoms with van der Waals surface area (Å²) in [5.41, 5.74) is 1.09. The quantitative estimate of drug-likeness (QED) is 0.0408. The van der Waals surface area contributed by atoms with Crippen molar-refractivity contribution in [3.8, 4) is 17.2 Å². The van der Waals surface area contributed by atoms with Crippen LogP contribution in [-0.4, -0.2) is 25.2 Å². The Morgan fingerprint density at radius 3 is 1.28 bits per heavy atom. The van der Waals surface area contributed by atoms with E-state index in [4.69, 9.17) is 14.2 Å². The zero-order valence-electron chi connectivity index (χ0n) is 44.5. The highest BCUT2D eigenvalue weighted by Gasteiger charge is 2.22. The van der Waals surface area contributed by atoms with Crippen LogP contribution in [0.4, 0.5) is 0 Å². The first-order chi connectivity index (χ1) is 32.6. The zero-order chi connectivity index (χ0) is 47.2. The fourth-order valence-corrected chi connectivity index (χ4v) is 9.25. The Morgan fingerprint density at radius 1 is 0.478 bits per heavy atom. The van der Waals surface area contributed by atoms with Crippen molar-refractivity contribution in [2.75, 3.05) is 13.2 Å². The van der Waals surface area contributed by atoms with Gasteiger partial charge in [-0.15, -0.1) is 0 Å².